The van der Waals surface area contributed by atoms with Crippen LogP contribution in [0.5, 0.6) is 0 Å². The summed E-state index contributed by atoms with van der Waals surface area (Å²) in [5.41, 5.74) is 3.07. The number of hydrogen-bond donors (Lipinski definition) is 1. The Morgan fingerprint density at radius 2 is 2.14 bits per heavy atom. The van der Waals surface area contributed by atoms with Crippen LogP contribution < -0.4 is 10.2 Å². The van der Waals surface area contributed by atoms with E-state index in [-0.39, 0.29) is 18.2 Å². The van der Waals surface area contributed by atoms with Gasteiger partial charge < -0.3 is 14.6 Å². The number of halogens is 1. The molecule has 7 nitrogen and oxygen atoms in total. The van der Waals surface area contributed by atoms with Crippen LogP contribution in [-0.4, -0.2) is 28.6 Å². The van der Waals surface area contributed by atoms with Gasteiger partial charge in [-0.2, -0.15) is 0 Å². The predicted molar refractivity (Wildman–Crippen MR) is 108 cm³/mol. The fourth-order valence-corrected chi connectivity index (χ4v) is 3.59. The highest BCUT2D eigenvalue weighted by Crippen LogP contribution is 2.29. The van der Waals surface area contributed by atoms with Crippen LogP contribution in [0.3, 0.4) is 0 Å². The molecule has 1 atom stereocenters. The van der Waals surface area contributed by atoms with Crippen molar-refractivity contribution in [2.75, 3.05) is 16.8 Å². The quantitative estimate of drug-likeness (QED) is 0.666. The predicted octanol–water partition coefficient (Wildman–Crippen LogP) is 3.80. The number of hydrogen-bond acceptors (Lipinski definition) is 5. The number of aromatic nitrogens is 2. The van der Waals surface area contributed by atoms with Crippen molar-refractivity contribution in [2.24, 2.45) is 5.92 Å². The lowest BCUT2D eigenvalue weighted by Gasteiger charge is -2.17. The van der Waals surface area contributed by atoms with Gasteiger partial charge in [0.15, 0.2) is 0 Å². The van der Waals surface area contributed by atoms with Gasteiger partial charge in [-0.25, -0.2) is 0 Å². The molecule has 0 radical (unpaired) electrons. The van der Waals surface area contributed by atoms with Crippen molar-refractivity contribution in [3.05, 3.63) is 58.9 Å². The van der Waals surface area contributed by atoms with Gasteiger partial charge in [-0.05, 0) is 42.8 Å². The zero-order chi connectivity index (χ0) is 19.7. The van der Waals surface area contributed by atoms with Crippen LogP contribution in [0.15, 0.2) is 57.7 Å². The van der Waals surface area contributed by atoms with Gasteiger partial charge in [0.1, 0.15) is 0 Å². The molecule has 1 unspecified atom stereocenters. The van der Waals surface area contributed by atoms with Gasteiger partial charge in [0.25, 0.3) is 0 Å². The van der Waals surface area contributed by atoms with Gasteiger partial charge in [-0.3, -0.25) is 9.59 Å². The molecular formula is C20H17BrN4O3. The fourth-order valence-electron chi connectivity index (χ4n) is 3.20. The first-order valence-electron chi connectivity index (χ1n) is 8.75. The summed E-state index contributed by atoms with van der Waals surface area (Å²) >= 11 is 3.41. The molecule has 4 rings (SSSR count). The van der Waals surface area contributed by atoms with Gasteiger partial charge >= 0.3 is 0 Å². The summed E-state index contributed by atoms with van der Waals surface area (Å²) < 4.78 is 6.10. The maximum absolute atomic E-state index is 12.8. The smallest absolute Gasteiger partial charge is 0.247 e. The van der Waals surface area contributed by atoms with E-state index in [1.54, 1.807) is 11.0 Å². The number of anilines is 2. The number of carbonyl (C=O) groups is 2. The monoisotopic (exact) mass is 440 g/mol. The van der Waals surface area contributed by atoms with E-state index in [4.69, 9.17) is 4.42 Å². The van der Waals surface area contributed by atoms with Gasteiger partial charge in [0.05, 0.1) is 5.92 Å². The third-order valence-corrected chi connectivity index (χ3v) is 5.21. The summed E-state index contributed by atoms with van der Waals surface area (Å²) in [4.78, 5) is 26.9. The third-order valence-electron chi connectivity index (χ3n) is 4.72. The largest absolute Gasteiger partial charge is 0.423 e. The van der Waals surface area contributed by atoms with Crippen molar-refractivity contribution in [3.63, 3.8) is 0 Å². The van der Waals surface area contributed by atoms with E-state index >= 15 is 0 Å². The van der Waals surface area contributed by atoms with Gasteiger partial charge in [-0.1, -0.05) is 28.1 Å². The van der Waals surface area contributed by atoms with E-state index in [2.05, 4.69) is 31.4 Å². The topological polar surface area (TPSA) is 88.3 Å². The summed E-state index contributed by atoms with van der Waals surface area (Å²) in [7, 11) is 0. The van der Waals surface area contributed by atoms with Crippen LogP contribution in [0.2, 0.25) is 0 Å². The number of rotatable bonds is 4. The maximum Gasteiger partial charge on any atom is 0.247 e. The number of amides is 2. The average Bonchev–Trinajstić information content (AvgIpc) is 3.33. The Morgan fingerprint density at radius 1 is 1.29 bits per heavy atom. The minimum atomic E-state index is -0.419. The Morgan fingerprint density at radius 3 is 2.89 bits per heavy atom. The number of nitrogens with one attached hydrogen (secondary N) is 1. The molecule has 0 spiro atoms. The first-order valence-corrected chi connectivity index (χ1v) is 9.54. The van der Waals surface area contributed by atoms with Crippen LogP contribution >= 0.6 is 15.9 Å². The number of carbonyl (C=O) groups excluding carboxylic acids is 2. The molecule has 8 heteroatoms. The van der Waals surface area contributed by atoms with Crippen molar-refractivity contribution in [3.8, 4) is 11.5 Å². The van der Waals surface area contributed by atoms with Crippen LogP contribution in [0.25, 0.3) is 11.5 Å². The molecule has 1 aliphatic rings. The highest BCUT2D eigenvalue weighted by molar-refractivity contribution is 9.10. The van der Waals surface area contributed by atoms with Crippen molar-refractivity contribution in [2.45, 2.75) is 13.3 Å². The van der Waals surface area contributed by atoms with Crippen molar-refractivity contribution in [1.82, 2.24) is 10.2 Å². The lowest BCUT2D eigenvalue weighted by Crippen LogP contribution is -2.28. The highest BCUT2D eigenvalue weighted by Gasteiger charge is 2.35. The van der Waals surface area contributed by atoms with E-state index in [9.17, 15) is 9.59 Å². The summed E-state index contributed by atoms with van der Waals surface area (Å²) in [6.07, 6.45) is 1.44. The molecule has 2 heterocycles. The van der Waals surface area contributed by atoms with Gasteiger partial charge in [0, 0.05) is 34.4 Å². The minimum Gasteiger partial charge on any atom is -0.423 e. The van der Waals surface area contributed by atoms with E-state index in [1.165, 1.54) is 6.39 Å². The molecule has 3 aromatic rings. The molecule has 1 fully saturated rings. The molecule has 1 aliphatic heterocycles. The molecule has 0 aliphatic carbocycles. The molecular weight excluding hydrogens is 424 g/mol. The Labute approximate surface area is 169 Å². The molecule has 0 bridgehead atoms. The van der Waals surface area contributed by atoms with E-state index in [1.807, 2.05) is 43.3 Å². The normalized spacial score (nSPS) is 16.4. The SMILES string of the molecule is Cc1ccc(-c2nnco2)cc1NC(=O)C1CC(=O)N(c2cccc(Br)c2)C1. The molecule has 2 aromatic carbocycles. The van der Waals surface area contributed by atoms with Crippen molar-refractivity contribution >= 4 is 39.1 Å². The zero-order valence-electron chi connectivity index (χ0n) is 15.1. The lowest BCUT2D eigenvalue weighted by molar-refractivity contribution is -0.122. The molecule has 2 amide bonds. The Hall–Kier alpha value is -3.00. The Bertz CT molecular complexity index is 1040. The second-order valence-electron chi connectivity index (χ2n) is 6.65. The first-order chi connectivity index (χ1) is 13.5. The molecule has 1 saturated heterocycles. The van der Waals surface area contributed by atoms with Crippen LogP contribution in [0.1, 0.15) is 12.0 Å². The molecule has 28 heavy (non-hydrogen) atoms. The first kappa shape index (κ1) is 18.4. The average molecular weight is 441 g/mol. The summed E-state index contributed by atoms with van der Waals surface area (Å²) in [5, 5.41) is 10.5. The fraction of sp³-hybridized carbons (Fsp3) is 0.200. The van der Waals surface area contributed by atoms with E-state index in [0.717, 1.165) is 21.3 Å². The van der Waals surface area contributed by atoms with Crippen LogP contribution in [0.4, 0.5) is 11.4 Å². The zero-order valence-corrected chi connectivity index (χ0v) is 16.6. The van der Waals surface area contributed by atoms with Gasteiger partial charge in [-0.15, -0.1) is 10.2 Å². The van der Waals surface area contributed by atoms with E-state index in [0.29, 0.717) is 18.1 Å². The van der Waals surface area contributed by atoms with E-state index < -0.39 is 5.92 Å². The second-order valence-corrected chi connectivity index (χ2v) is 7.56. The number of nitrogens with zero attached hydrogens (tertiary/aromatic N) is 3. The summed E-state index contributed by atoms with van der Waals surface area (Å²) in [6.45, 7) is 2.25. The Balaban J connectivity index is 1.50. The standard InChI is InChI=1S/C20H17BrN4O3/c1-12-5-6-13(20-24-22-11-28-20)7-17(12)23-19(27)14-8-18(26)25(10-14)16-4-2-3-15(21)9-16/h2-7,9,11,14H,8,10H2,1H3,(H,23,27). The Kier molecular flexibility index (Phi) is 4.95. The maximum atomic E-state index is 12.8. The molecule has 1 N–H and O–H groups in total. The molecule has 1 aromatic heterocycles. The lowest BCUT2D eigenvalue weighted by atomic mass is 10.1. The van der Waals surface area contributed by atoms with Crippen LogP contribution in [0, 0.1) is 12.8 Å². The second kappa shape index (κ2) is 7.55. The molecule has 0 saturated carbocycles. The minimum absolute atomic E-state index is 0.0606. The van der Waals surface area contributed by atoms with Crippen molar-refractivity contribution < 1.29 is 14.0 Å². The number of benzene rings is 2. The van der Waals surface area contributed by atoms with Crippen LogP contribution in [-0.2, 0) is 9.59 Å². The van der Waals surface area contributed by atoms with Crippen molar-refractivity contribution in [1.29, 1.82) is 0 Å². The third kappa shape index (κ3) is 3.68. The summed E-state index contributed by atoms with van der Waals surface area (Å²) in [5.74, 6) is -0.281. The molecule has 142 valence electrons. The highest BCUT2D eigenvalue weighted by atomic mass is 79.9. The van der Waals surface area contributed by atoms with Gasteiger partial charge in [0.2, 0.25) is 24.1 Å². The summed E-state index contributed by atoms with van der Waals surface area (Å²) in [6, 6.07) is 13.0. The number of aryl methyl sites for hydroxylation is 1.